The molecule has 0 spiro atoms. The van der Waals surface area contributed by atoms with Crippen molar-refractivity contribution in [3.63, 3.8) is 0 Å². The topological polar surface area (TPSA) is 97.6 Å². The van der Waals surface area contributed by atoms with Crippen LogP contribution in [0.15, 0.2) is 54.6 Å². The molecule has 0 aliphatic carbocycles. The van der Waals surface area contributed by atoms with Crippen LogP contribution in [-0.4, -0.2) is 44.2 Å². The molecule has 0 fully saturated rings. The minimum atomic E-state index is -0.853. The molecular weight excluding hydrogens is 538 g/mol. The molecule has 0 aliphatic heterocycles. The van der Waals surface area contributed by atoms with Gasteiger partial charge in [-0.15, -0.1) is 0 Å². The van der Waals surface area contributed by atoms with Crippen LogP contribution >= 0.6 is 0 Å². The molecule has 3 aromatic carbocycles. The van der Waals surface area contributed by atoms with Crippen LogP contribution < -0.4 is 4.74 Å². The van der Waals surface area contributed by atoms with Crippen molar-refractivity contribution in [2.75, 3.05) is 6.61 Å². The summed E-state index contributed by atoms with van der Waals surface area (Å²) in [4.78, 5) is 14.5. The lowest BCUT2D eigenvalue weighted by Crippen LogP contribution is -2.33. The summed E-state index contributed by atoms with van der Waals surface area (Å²) in [5.74, 6) is 2.35. The number of aliphatic hydroxyl groups excluding tert-OH is 1. The summed E-state index contributed by atoms with van der Waals surface area (Å²) in [5, 5.41) is 21.5. The lowest BCUT2D eigenvalue weighted by atomic mass is 9.98. The summed E-state index contributed by atoms with van der Waals surface area (Å²) >= 11 is 0. The van der Waals surface area contributed by atoms with Crippen molar-refractivity contribution in [1.82, 2.24) is 15.0 Å². The van der Waals surface area contributed by atoms with E-state index >= 15 is 0 Å². The quantitative estimate of drug-likeness (QED) is 0.153. The van der Waals surface area contributed by atoms with Gasteiger partial charge in [0, 0.05) is 17.2 Å². The van der Waals surface area contributed by atoms with Crippen LogP contribution in [0.5, 0.6) is 11.5 Å². The summed E-state index contributed by atoms with van der Waals surface area (Å²) in [5.41, 5.74) is 6.68. The van der Waals surface area contributed by atoms with Crippen LogP contribution in [0.3, 0.4) is 0 Å². The third kappa shape index (κ3) is 8.18. The minimum absolute atomic E-state index is 0.0415. The van der Waals surface area contributed by atoms with Gasteiger partial charge in [0.1, 0.15) is 17.6 Å². The van der Waals surface area contributed by atoms with Crippen molar-refractivity contribution >= 4 is 0 Å². The van der Waals surface area contributed by atoms with E-state index in [0.29, 0.717) is 41.3 Å². The van der Waals surface area contributed by atoms with Gasteiger partial charge >= 0.3 is 0 Å². The van der Waals surface area contributed by atoms with Gasteiger partial charge in [0.05, 0.1) is 12.2 Å². The molecule has 7 nitrogen and oxygen atoms in total. The van der Waals surface area contributed by atoms with E-state index < -0.39 is 12.4 Å². The second-order valence-electron chi connectivity index (χ2n) is 11.6. The van der Waals surface area contributed by atoms with E-state index in [1.165, 1.54) is 6.07 Å². The molecule has 0 saturated carbocycles. The van der Waals surface area contributed by atoms with Gasteiger partial charge in [0.15, 0.2) is 17.5 Å². The first-order valence-corrected chi connectivity index (χ1v) is 15.3. The fourth-order valence-corrected chi connectivity index (χ4v) is 5.36. The van der Waals surface area contributed by atoms with Gasteiger partial charge < -0.3 is 19.7 Å². The number of hydrogen-bond donors (Lipinski definition) is 2. The van der Waals surface area contributed by atoms with Crippen molar-refractivity contribution in [3.05, 3.63) is 76.9 Å². The summed E-state index contributed by atoms with van der Waals surface area (Å²) in [7, 11) is 0. The number of nitrogens with zero attached hydrogens (tertiary/aromatic N) is 3. The Hall–Kier alpha value is -3.81. The molecule has 0 aliphatic rings. The van der Waals surface area contributed by atoms with E-state index in [4.69, 9.17) is 24.4 Å². The van der Waals surface area contributed by atoms with Crippen LogP contribution in [0.4, 0.5) is 0 Å². The van der Waals surface area contributed by atoms with E-state index in [0.717, 1.165) is 59.1 Å². The van der Waals surface area contributed by atoms with Gasteiger partial charge in [-0.2, -0.15) is 0 Å². The lowest BCUT2D eigenvalue weighted by Gasteiger charge is -2.23. The predicted molar refractivity (Wildman–Crippen MR) is 172 cm³/mol. The number of phenols is 1. The van der Waals surface area contributed by atoms with Crippen molar-refractivity contribution < 1.29 is 19.7 Å². The highest BCUT2D eigenvalue weighted by atomic mass is 16.7. The van der Waals surface area contributed by atoms with Crippen molar-refractivity contribution in [3.8, 4) is 45.7 Å². The number of aromatic hydroxyl groups is 1. The fraction of sp³-hybridized carbons (Fsp3) is 0.417. The zero-order valence-electron chi connectivity index (χ0n) is 26.5. The second kappa shape index (κ2) is 14.6. The summed E-state index contributed by atoms with van der Waals surface area (Å²) < 4.78 is 11.9. The molecular formula is C36H45N3O4. The van der Waals surface area contributed by atoms with E-state index in [1.54, 1.807) is 19.1 Å². The highest BCUT2D eigenvalue weighted by molar-refractivity contribution is 5.72. The smallest absolute Gasteiger partial charge is 0.225 e. The van der Waals surface area contributed by atoms with Crippen molar-refractivity contribution in [2.24, 2.45) is 5.92 Å². The monoisotopic (exact) mass is 583 g/mol. The number of phenolic OH excluding ortho intramolecular Hbond substituents is 1. The van der Waals surface area contributed by atoms with Gasteiger partial charge in [-0.25, -0.2) is 15.0 Å². The normalized spacial score (nSPS) is 13.5. The van der Waals surface area contributed by atoms with E-state index in [1.807, 2.05) is 38.1 Å². The molecule has 0 saturated heterocycles. The van der Waals surface area contributed by atoms with E-state index in [-0.39, 0.29) is 5.75 Å². The highest BCUT2D eigenvalue weighted by Gasteiger charge is 2.21. The maximum absolute atomic E-state index is 11.2. The largest absolute Gasteiger partial charge is 0.507 e. The minimum Gasteiger partial charge on any atom is -0.507 e. The maximum atomic E-state index is 11.2. The van der Waals surface area contributed by atoms with Crippen LogP contribution in [0.25, 0.3) is 34.2 Å². The molecule has 3 unspecified atom stereocenters. The Morgan fingerprint density at radius 2 is 1.26 bits per heavy atom. The molecule has 0 bridgehead atoms. The number of aliphatic hydroxyl groups is 1. The predicted octanol–water partition coefficient (Wildman–Crippen LogP) is 8.13. The average Bonchev–Trinajstić information content (AvgIpc) is 2.95. The molecule has 4 rings (SSSR count). The molecule has 3 atom stereocenters. The Kier molecular flexibility index (Phi) is 10.9. The number of aromatic nitrogens is 3. The third-order valence-corrected chi connectivity index (χ3v) is 7.82. The summed E-state index contributed by atoms with van der Waals surface area (Å²) in [6.45, 7) is 14.7. The van der Waals surface area contributed by atoms with Gasteiger partial charge in [0.25, 0.3) is 0 Å². The zero-order valence-corrected chi connectivity index (χ0v) is 26.5. The molecule has 228 valence electrons. The number of rotatable bonds is 13. The number of benzene rings is 3. The average molecular weight is 584 g/mol. The van der Waals surface area contributed by atoms with Crippen LogP contribution in [0.1, 0.15) is 68.7 Å². The summed E-state index contributed by atoms with van der Waals surface area (Å²) in [6, 6.07) is 17.3. The highest BCUT2D eigenvalue weighted by Crippen LogP contribution is 2.34. The Morgan fingerprint density at radius 1 is 0.721 bits per heavy atom. The van der Waals surface area contributed by atoms with Crippen molar-refractivity contribution in [2.45, 2.75) is 86.5 Å². The van der Waals surface area contributed by atoms with Crippen LogP contribution in [0, 0.1) is 33.6 Å². The molecule has 2 N–H and O–H groups in total. The van der Waals surface area contributed by atoms with E-state index in [2.05, 4.69) is 39.8 Å². The Bertz CT molecular complexity index is 1470. The zero-order chi connectivity index (χ0) is 31.1. The van der Waals surface area contributed by atoms with Gasteiger partial charge in [0.2, 0.25) is 6.29 Å². The maximum Gasteiger partial charge on any atom is 0.225 e. The van der Waals surface area contributed by atoms with E-state index in [9.17, 15) is 10.2 Å². The number of ether oxygens (including phenoxy) is 2. The molecule has 1 aromatic heterocycles. The second-order valence-corrected chi connectivity index (χ2v) is 11.6. The van der Waals surface area contributed by atoms with Crippen molar-refractivity contribution in [1.29, 1.82) is 0 Å². The van der Waals surface area contributed by atoms with Crippen LogP contribution in [0.2, 0.25) is 0 Å². The van der Waals surface area contributed by atoms with Gasteiger partial charge in [-0.3, -0.25) is 0 Å². The van der Waals surface area contributed by atoms with Gasteiger partial charge in [-0.05, 0) is 70.2 Å². The molecule has 0 radical (unpaired) electrons. The third-order valence-electron chi connectivity index (χ3n) is 7.82. The molecule has 7 heteroatoms. The van der Waals surface area contributed by atoms with Gasteiger partial charge in [-0.1, -0.05) is 80.6 Å². The van der Waals surface area contributed by atoms with Crippen LogP contribution in [-0.2, 0) is 4.74 Å². The standard InChI is InChI=1S/C36H45N3O4/c1-8-10-27(9-2)17-18-42-36(26(7)40)43-28-13-16-31(32(41)21-28)35-38-33(29-14-11-22(3)19-24(29)5)37-34(39-35)30-15-12-23(4)20-25(30)6/h11-16,19-21,26-27,36,40-41H,8-10,17-18H2,1-7H3. The Balaban J connectivity index is 1.66. The number of aryl methyl sites for hydroxylation is 4. The summed E-state index contributed by atoms with van der Waals surface area (Å²) in [6.07, 6.45) is 2.60. The molecule has 0 amide bonds. The lowest BCUT2D eigenvalue weighted by molar-refractivity contribution is -0.141. The Labute approximate surface area is 256 Å². The molecule has 1 heterocycles. The molecule has 4 aromatic rings. The fourth-order valence-electron chi connectivity index (χ4n) is 5.36. The SMILES string of the molecule is CCCC(CC)CCOC(Oc1ccc(-c2nc(-c3ccc(C)cc3C)nc(-c3ccc(C)cc3C)n2)c(O)c1)C(C)O. The Morgan fingerprint density at radius 3 is 1.72 bits per heavy atom. The first-order valence-electron chi connectivity index (χ1n) is 15.3. The molecule has 43 heavy (non-hydrogen) atoms. The number of hydrogen-bond acceptors (Lipinski definition) is 7. The first-order chi connectivity index (χ1) is 20.6. The first kappa shape index (κ1) is 32.1.